The molecule has 0 amide bonds. The molecule has 0 radical (unpaired) electrons. The first kappa shape index (κ1) is 15.8. The van der Waals surface area contributed by atoms with E-state index in [1.807, 2.05) is 13.0 Å². The van der Waals surface area contributed by atoms with E-state index in [0.717, 1.165) is 30.4 Å². The SMILES string of the molecule is CCNC(=NCc1ccc(C)c(F)c1)NCCSC. The maximum atomic E-state index is 13.4. The van der Waals surface area contributed by atoms with Crippen molar-refractivity contribution < 1.29 is 4.39 Å². The minimum Gasteiger partial charge on any atom is -0.357 e. The second-order valence-corrected chi connectivity index (χ2v) is 5.18. The number of benzene rings is 1. The summed E-state index contributed by atoms with van der Waals surface area (Å²) in [5.41, 5.74) is 1.54. The fourth-order valence-electron chi connectivity index (χ4n) is 1.52. The molecule has 1 aromatic rings. The molecule has 0 spiro atoms. The Labute approximate surface area is 119 Å². The summed E-state index contributed by atoms with van der Waals surface area (Å²) < 4.78 is 13.4. The van der Waals surface area contributed by atoms with Crippen LogP contribution in [0.5, 0.6) is 0 Å². The molecule has 0 atom stereocenters. The van der Waals surface area contributed by atoms with Gasteiger partial charge in [0.1, 0.15) is 5.82 Å². The smallest absolute Gasteiger partial charge is 0.191 e. The van der Waals surface area contributed by atoms with Crippen molar-refractivity contribution in [2.75, 3.05) is 25.1 Å². The second-order valence-electron chi connectivity index (χ2n) is 4.20. The molecular formula is C14H22FN3S. The maximum Gasteiger partial charge on any atom is 0.191 e. The topological polar surface area (TPSA) is 36.4 Å². The van der Waals surface area contributed by atoms with Crippen LogP contribution in [-0.2, 0) is 6.54 Å². The van der Waals surface area contributed by atoms with E-state index >= 15 is 0 Å². The standard InChI is InChI=1S/C14H22FN3S/c1-4-16-14(17-7-8-19-3)18-10-12-6-5-11(2)13(15)9-12/h5-6,9H,4,7-8,10H2,1-3H3,(H2,16,17,18). The zero-order valence-electron chi connectivity index (χ0n) is 11.8. The van der Waals surface area contributed by atoms with Gasteiger partial charge >= 0.3 is 0 Å². The van der Waals surface area contributed by atoms with Gasteiger partial charge in [-0.2, -0.15) is 11.8 Å². The lowest BCUT2D eigenvalue weighted by atomic mass is 10.1. The minimum atomic E-state index is -0.173. The number of thioether (sulfide) groups is 1. The molecule has 1 rings (SSSR count). The summed E-state index contributed by atoms with van der Waals surface area (Å²) in [7, 11) is 0. The summed E-state index contributed by atoms with van der Waals surface area (Å²) in [6.07, 6.45) is 2.07. The van der Waals surface area contributed by atoms with Gasteiger partial charge in [0.25, 0.3) is 0 Å². The first-order chi connectivity index (χ1) is 9.17. The molecule has 0 fully saturated rings. The molecule has 0 bridgehead atoms. The molecule has 0 aliphatic heterocycles. The third kappa shape index (κ3) is 5.96. The molecule has 1 aromatic carbocycles. The first-order valence-electron chi connectivity index (χ1n) is 6.43. The van der Waals surface area contributed by atoms with E-state index in [1.165, 1.54) is 0 Å². The maximum absolute atomic E-state index is 13.4. The van der Waals surface area contributed by atoms with E-state index in [-0.39, 0.29) is 5.82 Å². The fourth-order valence-corrected chi connectivity index (χ4v) is 1.82. The van der Waals surface area contributed by atoms with Crippen molar-refractivity contribution in [2.24, 2.45) is 4.99 Å². The molecule has 0 heterocycles. The van der Waals surface area contributed by atoms with E-state index < -0.39 is 0 Å². The molecule has 19 heavy (non-hydrogen) atoms. The molecule has 3 nitrogen and oxygen atoms in total. The monoisotopic (exact) mass is 283 g/mol. The van der Waals surface area contributed by atoms with Crippen molar-refractivity contribution in [1.82, 2.24) is 10.6 Å². The van der Waals surface area contributed by atoms with Gasteiger partial charge in [0.15, 0.2) is 5.96 Å². The number of aryl methyl sites for hydroxylation is 1. The predicted octanol–water partition coefficient (Wildman–Crippen LogP) is 2.55. The average Bonchev–Trinajstić information content (AvgIpc) is 2.40. The van der Waals surface area contributed by atoms with Crippen LogP contribution in [0.25, 0.3) is 0 Å². The molecule has 0 aromatic heterocycles. The highest BCUT2D eigenvalue weighted by molar-refractivity contribution is 7.98. The van der Waals surface area contributed by atoms with Crippen LogP contribution in [0.15, 0.2) is 23.2 Å². The van der Waals surface area contributed by atoms with Crippen LogP contribution >= 0.6 is 11.8 Å². The van der Waals surface area contributed by atoms with Crippen molar-refractivity contribution in [2.45, 2.75) is 20.4 Å². The highest BCUT2D eigenvalue weighted by atomic mass is 32.2. The van der Waals surface area contributed by atoms with Gasteiger partial charge in [0, 0.05) is 18.8 Å². The van der Waals surface area contributed by atoms with E-state index in [1.54, 1.807) is 30.8 Å². The Morgan fingerprint density at radius 2 is 2.16 bits per heavy atom. The Morgan fingerprint density at radius 1 is 1.37 bits per heavy atom. The lowest BCUT2D eigenvalue weighted by Crippen LogP contribution is -2.38. The van der Waals surface area contributed by atoms with Crippen molar-refractivity contribution in [3.05, 3.63) is 35.1 Å². The van der Waals surface area contributed by atoms with Crippen molar-refractivity contribution >= 4 is 17.7 Å². The number of hydrogen-bond acceptors (Lipinski definition) is 2. The molecule has 5 heteroatoms. The Kier molecular flexibility index (Phi) is 7.33. The summed E-state index contributed by atoms with van der Waals surface area (Å²) in [4.78, 5) is 4.44. The summed E-state index contributed by atoms with van der Waals surface area (Å²) in [6.45, 7) is 5.95. The quantitative estimate of drug-likeness (QED) is 0.478. The van der Waals surface area contributed by atoms with Crippen LogP contribution < -0.4 is 10.6 Å². The summed E-state index contributed by atoms with van der Waals surface area (Å²) in [5, 5.41) is 6.42. The molecular weight excluding hydrogens is 261 g/mol. The Hall–Kier alpha value is -1.23. The number of rotatable bonds is 6. The number of nitrogens with one attached hydrogen (secondary N) is 2. The van der Waals surface area contributed by atoms with Gasteiger partial charge in [0.05, 0.1) is 6.54 Å². The molecule has 0 aliphatic rings. The Morgan fingerprint density at radius 3 is 2.79 bits per heavy atom. The van der Waals surface area contributed by atoms with Gasteiger partial charge in [0.2, 0.25) is 0 Å². The van der Waals surface area contributed by atoms with E-state index in [2.05, 4.69) is 21.9 Å². The van der Waals surface area contributed by atoms with Crippen molar-refractivity contribution in [3.63, 3.8) is 0 Å². The van der Waals surface area contributed by atoms with Gasteiger partial charge in [-0.1, -0.05) is 12.1 Å². The molecule has 106 valence electrons. The van der Waals surface area contributed by atoms with Gasteiger partial charge in [-0.3, -0.25) is 0 Å². The fraction of sp³-hybridized carbons (Fsp3) is 0.500. The van der Waals surface area contributed by atoms with E-state index in [0.29, 0.717) is 12.1 Å². The number of hydrogen-bond donors (Lipinski definition) is 2. The summed E-state index contributed by atoms with van der Waals surface area (Å²) in [5.74, 6) is 1.63. The van der Waals surface area contributed by atoms with Crippen LogP contribution in [0.2, 0.25) is 0 Å². The Balaban J connectivity index is 2.60. The highest BCUT2D eigenvalue weighted by Gasteiger charge is 2.00. The van der Waals surface area contributed by atoms with Gasteiger partial charge in [-0.05, 0) is 37.3 Å². The van der Waals surface area contributed by atoms with Crippen LogP contribution in [0.1, 0.15) is 18.1 Å². The lowest BCUT2D eigenvalue weighted by Gasteiger charge is -2.10. The number of guanidine groups is 1. The lowest BCUT2D eigenvalue weighted by molar-refractivity contribution is 0.616. The summed E-state index contributed by atoms with van der Waals surface area (Å²) in [6, 6.07) is 5.24. The Bertz CT molecular complexity index is 421. The van der Waals surface area contributed by atoms with Crippen LogP contribution in [0.4, 0.5) is 4.39 Å². The van der Waals surface area contributed by atoms with Crippen LogP contribution in [-0.4, -0.2) is 31.1 Å². The third-order valence-electron chi connectivity index (χ3n) is 2.60. The van der Waals surface area contributed by atoms with E-state index in [4.69, 9.17) is 0 Å². The van der Waals surface area contributed by atoms with Gasteiger partial charge in [-0.15, -0.1) is 0 Å². The largest absolute Gasteiger partial charge is 0.357 e. The minimum absolute atomic E-state index is 0.173. The normalized spacial score (nSPS) is 11.5. The first-order valence-corrected chi connectivity index (χ1v) is 7.83. The molecule has 2 N–H and O–H groups in total. The molecule has 0 saturated heterocycles. The molecule has 0 aliphatic carbocycles. The predicted molar refractivity (Wildman–Crippen MR) is 82.3 cm³/mol. The zero-order valence-corrected chi connectivity index (χ0v) is 12.6. The molecule has 0 unspecified atom stereocenters. The van der Waals surface area contributed by atoms with Crippen LogP contribution in [0, 0.1) is 12.7 Å². The van der Waals surface area contributed by atoms with Crippen LogP contribution in [0.3, 0.4) is 0 Å². The number of halogens is 1. The van der Waals surface area contributed by atoms with Crippen molar-refractivity contribution in [1.29, 1.82) is 0 Å². The molecule has 0 saturated carbocycles. The zero-order chi connectivity index (χ0) is 14.1. The highest BCUT2D eigenvalue weighted by Crippen LogP contribution is 2.09. The number of nitrogens with zero attached hydrogens (tertiary/aromatic N) is 1. The second kappa shape index (κ2) is 8.80. The average molecular weight is 283 g/mol. The van der Waals surface area contributed by atoms with Gasteiger partial charge < -0.3 is 10.6 Å². The summed E-state index contributed by atoms with van der Waals surface area (Å²) >= 11 is 1.78. The van der Waals surface area contributed by atoms with Crippen molar-refractivity contribution in [3.8, 4) is 0 Å². The third-order valence-corrected chi connectivity index (χ3v) is 3.21. The number of aliphatic imine (C=N–C) groups is 1. The van der Waals surface area contributed by atoms with Gasteiger partial charge in [-0.25, -0.2) is 9.38 Å². The van der Waals surface area contributed by atoms with E-state index in [9.17, 15) is 4.39 Å².